The average molecular weight is 287 g/mol. The zero-order chi connectivity index (χ0) is 15.0. The maximum atomic E-state index is 11.3. The van der Waals surface area contributed by atoms with Gasteiger partial charge in [-0.15, -0.1) is 0 Å². The Hall–Kier alpha value is -1.81. The minimum absolute atomic E-state index is 0.513. The first-order valence-corrected chi connectivity index (χ1v) is 7.47. The van der Waals surface area contributed by atoms with Crippen molar-refractivity contribution in [3.05, 3.63) is 35.6 Å². The molecule has 112 valence electrons. The first-order chi connectivity index (χ1) is 10.1. The monoisotopic (exact) mass is 287 g/mol. The molecule has 0 amide bonds. The Kier molecular flexibility index (Phi) is 3.49. The second kappa shape index (κ2) is 5.19. The third kappa shape index (κ3) is 2.56. The number of aliphatic carboxylic acids is 1. The lowest BCUT2D eigenvalue weighted by Gasteiger charge is -2.21. The first-order valence-electron chi connectivity index (χ1n) is 7.47. The normalized spacial score (nSPS) is 16.5. The molecule has 1 aliphatic rings. The van der Waals surface area contributed by atoms with Crippen LogP contribution in [0.25, 0.3) is 11.0 Å². The first kappa shape index (κ1) is 14.1. The number of carbonyl (C=O) groups is 1. The summed E-state index contributed by atoms with van der Waals surface area (Å²) in [6, 6.07) is 8.05. The smallest absolute Gasteiger partial charge is 0.310 e. The lowest BCUT2D eigenvalue weighted by Crippen LogP contribution is -2.31. The standard InChI is InChI=1S/C17H21NO3/c1-3-14-13(12-6-4-5-7-15(12)21-14)10-18(2)11-17(8-9-17)16(19)20/h4-7H,3,8-11H2,1-2H3,(H,19,20). The summed E-state index contributed by atoms with van der Waals surface area (Å²) in [6.07, 6.45) is 2.43. The van der Waals surface area contributed by atoms with Crippen LogP contribution in [0.5, 0.6) is 0 Å². The van der Waals surface area contributed by atoms with E-state index in [1.54, 1.807) is 0 Å². The Labute approximate surface area is 124 Å². The fourth-order valence-corrected chi connectivity index (χ4v) is 3.04. The number of aryl methyl sites for hydroxylation is 1. The van der Waals surface area contributed by atoms with Gasteiger partial charge in [0.1, 0.15) is 11.3 Å². The molecule has 0 unspecified atom stereocenters. The summed E-state index contributed by atoms with van der Waals surface area (Å²) in [5.41, 5.74) is 1.59. The van der Waals surface area contributed by atoms with Gasteiger partial charge in [0.05, 0.1) is 5.41 Å². The third-order valence-corrected chi connectivity index (χ3v) is 4.41. The highest BCUT2D eigenvalue weighted by atomic mass is 16.4. The number of para-hydroxylation sites is 1. The third-order valence-electron chi connectivity index (χ3n) is 4.41. The summed E-state index contributed by atoms with van der Waals surface area (Å²) < 4.78 is 5.90. The maximum Gasteiger partial charge on any atom is 0.310 e. The van der Waals surface area contributed by atoms with E-state index in [9.17, 15) is 9.90 Å². The Bertz CT molecular complexity index is 670. The molecule has 0 spiro atoms. The zero-order valence-electron chi connectivity index (χ0n) is 12.6. The van der Waals surface area contributed by atoms with Crippen LogP contribution in [0, 0.1) is 5.41 Å². The van der Waals surface area contributed by atoms with E-state index in [1.165, 1.54) is 5.56 Å². The van der Waals surface area contributed by atoms with E-state index in [1.807, 2.05) is 25.2 Å². The number of carboxylic acid groups (broad SMARTS) is 1. The molecule has 0 radical (unpaired) electrons. The highest BCUT2D eigenvalue weighted by molar-refractivity contribution is 5.82. The van der Waals surface area contributed by atoms with Crippen molar-refractivity contribution in [2.45, 2.75) is 32.7 Å². The number of carboxylic acids is 1. The van der Waals surface area contributed by atoms with E-state index < -0.39 is 11.4 Å². The van der Waals surface area contributed by atoms with Crippen LogP contribution in [-0.4, -0.2) is 29.6 Å². The summed E-state index contributed by atoms with van der Waals surface area (Å²) >= 11 is 0. The fourth-order valence-electron chi connectivity index (χ4n) is 3.04. The number of benzene rings is 1. The van der Waals surface area contributed by atoms with E-state index in [4.69, 9.17) is 4.42 Å². The Morgan fingerprint density at radius 3 is 2.71 bits per heavy atom. The molecule has 1 aliphatic carbocycles. The summed E-state index contributed by atoms with van der Waals surface area (Å²) in [6.45, 7) is 3.42. The quantitative estimate of drug-likeness (QED) is 0.885. The minimum atomic E-state index is -0.665. The SMILES string of the molecule is CCc1oc2ccccc2c1CN(C)CC1(C(=O)O)CC1. The minimum Gasteiger partial charge on any atom is -0.481 e. The fraction of sp³-hybridized carbons (Fsp3) is 0.471. The second-order valence-corrected chi connectivity index (χ2v) is 6.11. The van der Waals surface area contributed by atoms with Crippen LogP contribution in [0.3, 0.4) is 0 Å². The predicted octanol–water partition coefficient (Wildman–Crippen LogP) is 3.29. The molecule has 3 rings (SSSR count). The molecule has 0 saturated heterocycles. The molecule has 0 bridgehead atoms. The van der Waals surface area contributed by atoms with Crippen LogP contribution in [0.2, 0.25) is 0 Å². The molecule has 1 fully saturated rings. The van der Waals surface area contributed by atoms with Crippen LogP contribution >= 0.6 is 0 Å². The molecule has 21 heavy (non-hydrogen) atoms. The Morgan fingerprint density at radius 2 is 2.10 bits per heavy atom. The molecule has 1 saturated carbocycles. The molecule has 1 N–H and O–H groups in total. The number of rotatable bonds is 6. The maximum absolute atomic E-state index is 11.3. The van der Waals surface area contributed by atoms with Crippen LogP contribution in [0.4, 0.5) is 0 Å². The van der Waals surface area contributed by atoms with Gasteiger partial charge >= 0.3 is 5.97 Å². The van der Waals surface area contributed by atoms with E-state index in [0.717, 1.165) is 42.5 Å². The summed E-state index contributed by atoms with van der Waals surface area (Å²) in [5, 5.41) is 10.4. The number of hydrogen-bond acceptors (Lipinski definition) is 3. The van der Waals surface area contributed by atoms with Gasteiger partial charge in [0.25, 0.3) is 0 Å². The molecule has 1 heterocycles. The van der Waals surface area contributed by atoms with Gasteiger partial charge in [0, 0.05) is 30.5 Å². The van der Waals surface area contributed by atoms with Gasteiger partial charge in [-0.1, -0.05) is 25.1 Å². The molecule has 1 aromatic heterocycles. The van der Waals surface area contributed by atoms with E-state index in [0.29, 0.717) is 6.54 Å². The van der Waals surface area contributed by atoms with E-state index in [2.05, 4.69) is 17.9 Å². The molecule has 2 aromatic rings. The predicted molar refractivity (Wildman–Crippen MR) is 81.2 cm³/mol. The van der Waals surface area contributed by atoms with Crippen LogP contribution in [0.1, 0.15) is 31.1 Å². The largest absolute Gasteiger partial charge is 0.481 e. The van der Waals surface area contributed by atoms with Gasteiger partial charge in [-0.05, 0) is 26.0 Å². The summed E-state index contributed by atoms with van der Waals surface area (Å²) in [7, 11) is 1.99. The van der Waals surface area contributed by atoms with Crippen molar-refractivity contribution in [1.29, 1.82) is 0 Å². The molecule has 1 aromatic carbocycles. The summed E-state index contributed by atoms with van der Waals surface area (Å²) in [4.78, 5) is 13.4. The molecule has 0 aliphatic heterocycles. The Morgan fingerprint density at radius 1 is 1.38 bits per heavy atom. The molecule has 4 heteroatoms. The van der Waals surface area contributed by atoms with Crippen LogP contribution in [-0.2, 0) is 17.8 Å². The Balaban J connectivity index is 1.82. The lowest BCUT2D eigenvalue weighted by molar-refractivity contribution is -0.144. The van der Waals surface area contributed by atoms with Crippen molar-refractivity contribution >= 4 is 16.9 Å². The van der Waals surface area contributed by atoms with Gasteiger partial charge < -0.3 is 14.4 Å². The van der Waals surface area contributed by atoms with Gasteiger partial charge in [0.2, 0.25) is 0 Å². The van der Waals surface area contributed by atoms with E-state index >= 15 is 0 Å². The van der Waals surface area contributed by atoms with Gasteiger partial charge in [-0.25, -0.2) is 0 Å². The van der Waals surface area contributed by atoms with E-state index in [-0.39, 0.29) is 0 Å². The topological polar surface area (TPSA) is 53.7 Å². The average Bonchev–Trinajstić information content (AvgIpc) is 3.16. The van der Waals surface area contributed by atoms with Crippen LogP contribution in [0.15, 0.2) is 28.7 Å². The van der Waals surface area contributed by atoms with Crippen molar-refractivity contribution in [1.82, 2.24) is 4.90 Å². The van der Waals surface area contributed by atoms with Crippen molar-refractivity contribution in [2.24, 2.45) is 5.41 Å². The van der Waals surface area contributed by atoms with Crippen molar-refractivity contribution in [3.63, 3.8) is 0 Å². The number of nitrogens with zero attached hydrogens (tertiary/aromatic N) is 1. The number of furan rings is 1. The van der Waals surface area contributed by atoms with Gasteiger partial charge in [0.15, 0.2) is 0 Å². The summed E-state index contributed by atoms with van der Waals surface area (Å²) in [5.74, 6) is 0.338. The zero-order valence-corrected chi connectivity index (χ0v) is 12.6. The number of fused-ring (bicyclic) bond motifs is 1. The lowest BCUT2D eigenvalue weighted by atomic mass is 10.1. The van der Waals surface area contributed by atoms with Gasteiger partial charge in [-0.3, -0.25) is 4.79 Å². The molecular formula is C17H21NO3. The number of hydrogen-bond donors (Lipinski definition) is 1. The highest BCUT2D eigenvalue weighted by Gasteiger charge is 2.50. The van der Waals surface area contributed by atoms with Crippen LogP contribution < -0.4 is 0 Å². The molecular weight excluding hydrogens is 266 g/mol. The van der Waals surface area contributed by atoms with Crippen molar-refractivity contribution in [2.75, 3.05) is 13.6 Å². The molecule has 4 nitrogen and oxygen atoms in total. The van der Waals surface area contributed by atoms with Crippen molar-refractivity contribution in [3.8, 4) is 0 Å². The van der Waals surface area contributed by atoms with Gasteiger partial charge in [-0.2, -0.15) is 0 Å². The second-order valence-electron chi connectivity index (χ2n) is 6.11. The highest BCUT2D eigenvalue weighted by Crippen LogP contribution is 2.46. The van der Waals surface area contributed by atoms with Crippen molar-refractivity contribution < 1.29 is 14.3 Å². The molecule has 0 atom stereocenters.